The number of carbonyl (C=O) groups is 1. The van der Waals surface area contributed by atoms with Gasteiger partial charge in [-0.05, 0) is 0 Å². The van der Waals surface area contributed by atoms with Gasteiger partial charge in [0.25, 0.3) is 0 Å². The maximum atomic E-state index is 10.7. The van der Waals surface area contributed by atoms with Gasteiger partial charge in [-0.3, -0.25) is 4.79 Å². The van der Waals surface area contributed by atoms with Crippen molar-refractivity contribution in [3.05, 3.63) is 0 Å². The molecule has 7 heteroatoms. The Morgan fingerprint density at radius 1 is 1.12 bits per heavy atom. The second-order valence-corrected chi connectivity index (χ2v) is 3.34. The molecular weight excluding hydrogens is 220 g/mol. The van der Waals surface area contributed by atoms with Crippen LogP contribution in [0, 0.1) is 0 Å². The standard InChI is InChI=1S/C9H18O7/c1-2-7(13)16-4-6(12)9(15)8(14)5(11)3-10/h5-6,8-12,14-15H,2-4H2,1H3/t5-,6-,8-,9-/m1/s1. The van der Waals surface area contributed by atoms with E-state index < -0.39 is 43.6 Å². The molecule has 0 aromatic carbocycles. The molecule has 0 aliphatic heterocycles. The number of esters is 1. The maximum Gasteiger partial charge on any atom is 0.305 e. The molecule has 0 unspecified atom stereocenters. The Labute approximate surface area is 92.9 Å². The van der Waals surface area contributed by atoms with Crippen LogP contribution in [0.25, 0.3) is 0 Å². The number of carbonyl (C=O) groups excluding carboxylic acids is 1. The van der Waals surface area contributed by atoms with Crippen LogP contribution >= 0.6 is 0 Å². The Hall–Kier alpha value is -0.730. The van der Waals surface area contributed by atoms with Gasteiger partial charge in [0.15, 0.2) is 0 Å². The molecule has 16 heavy (non-hydrogen) atoms. The van der Waals surface area contributed by atoms with Crippen molar-refractivity contribution in [1.29, 1.82) is 0 Å². The Kier molecular flexibility index (Phi) is 7.18. The molecule has 0 spiro atoms. The van der Waals surface area contributed by atoms with Crippen molar-refractivity contribution in [3.8, 4) is 0 Å². The Morgan fingerprint density at radius 2 is 1.62 bits per heavy atom. The summed E-state index contributed by atoms with van der Waals surface area (Å²) in [5, 5.41) is 45.3. The van der Waals surface area contributed by atoms with Crippen LogP contribution in [-0.4, -0.2) is 69.1 Å². The maximum absolute atomic E-state index is 10.7. The molecule has 4 atom stereocenters. The summed E-state index contributed by atoms with van der Waals surface area (Å²) >= 11 is 0. The Balaban J connectivity index is 4.06. The van der Waals surface area contributed by atoms with E-state index in [0.29, 0.717) is 0 Å². The monoisotopic (exact) mass is 238 g/mol. The number of hydrogen-bond acceptors (Lipinski definition) is 7. The van der Waals surface area contributed by atoms with Crippen LogP contribution in [0.1, 0.15) is 13.3 Å². The van der Waals surface area contributed by atoms with E-state index in [9.17, 15) is 20.1 Å². The summed E-state index contributed by atoms with van der Waals surface area (Å²) in [5.41, 5.74) is 0. The number of rotatable bonds is 7. The number of hydrogen-bond donors (Lipinski definition) is 5. The summed E-state index contributed by atoms with van der Waals surface area (Å²) in [5.74, 6) is -0.552. The molecule has 0 radical (unpaired) electrons. The first-order valence-electron chi connectivity index (χ1n) is 4.92. The largest absolute Gasteiger partial charge is 0.463 e. The SMILES string of the molecule is CCC(=O)OC[C@@H](O)[C@@H](O)[C@H](O)[C@H](O)CO. The fourth-order valence-electron chi connectivity index (χ4n) is 0.942. The zero-order valence-electron chi connectivity index (χ0n) is 8.98. The van der Waals surface area contributed by atoms with Crippen molar-refractivity contribution in [2.45, 2.75) is 37.8 Å². The van der Waals surface area contributed by atoms with Crippen LogP contribution in [0.3, 0.4) is 0 Å². The zero-order chi connectivity index (χ0) is 12.7. The fourth-order valence-corrected chi connectivity index (χ4v) is 0.942. The summed E-state index contributed by atoms with van der Waals surface area (Å²) in [6.07, 6.45) is -6.37. The quantitative estimate of drug-likeness (QED) is 0.307. The van der Waals surface area contributed by atoms with E-state index in [-0.39, 0.29) is 6.42 Å². The number of aliphatic hydroxyl groups is 5. The summed E-state index contributed by atoms with van der Waals surface area (Å²) < 4.78 is 4.53. The molecule has 0 aliphatic rings. The third-order valence-electron chi connectivity index (χ3n) is 2.03. The van der Waals surface area contributed by atoms with Gasteiger partial charge in [0.05, 0.1) is 6.61 Å². The molecule has 5 N–H and O–H groups in total. The van der Waals surface area contributed by atoms with Gasteiger partial charge in [0, 0.05) is 6.42 Å². The molecule has 0 amide bonds. The highest BCUT2D eigenvalue weighted by molar-refractivity contribution is 5.68. The van der Waals surface area contributed by atoms with Crippen LogP contribution in [0.5, 0.6) is 0 Å². The van der Waals surface area contributed by atoms with Gasteiger partial charge in [-0.2, -0.15) is 0 Å². The molecule has 0 aliphatic carbocycles. The molecule has 0 heterocycles. The molecule has 0 rings (SSSR count). The van der Waals surface area contributed by atoms with E-state index in [1.54, 1.807) is 6.92 Å². The lowest BCUT2D eigenvalue weighted by molar-refractivity contribution is -0.155. The number of ether oxygens (including phenoxy) is 1. The average molecular weight is 238 g/mol. The third-order valence-corrected chi connectivity index (χ3v) is 2.03. The van der Waals surface area contributed by atoms with E-state index >= 15 is 0 Å². The molecule has 0 saturated carbocycles. The number of aliphatic hydroxyl groups excluding tert-OH is 5. The van der Waals surface area contributed by atoms with Crippen molar-refractivity contribution in [1.82, 2.24) is 0 Å². The first-order valence-corrected chi connectivity index (χ1v) is 4.92. The van der Waals surface area contributed by atoms with Crippen molar-refractivity contribution < 1.29 is 35.1 Å². The van der Waals surface area contributed by atoms with Crippen LogP contribution < -0.4 is 0 Å². The predicted molar refractivity (Wildman–Crippen MR) is 52.4 cm³/mol. The smallest absolute Gasteiger partial charge is 0.305 e. The van der Waals surface area contributed by atoms with Gasteiger partial charge in [-0.25, -0.2) is 0 Å². The first kappa shape index (κ1) is 15.3. The normalized spacial score (nSPS) is 18.6. The topological polar surface area (TPSA) is 127 Å². The third kappa shape index (κ3) is 4.86. The molecule has 0 aromatic heterocycles. The van der Waals surface area contributed by atoms with Gasteiger partial charge in [0.2, 0.25) is 0 Å². The van der Waals surface area contributed by atoms with Gasteiger partial charge in [-0.1, -0.05) is 6.92 Å². The van der Waals surface area contributed by atoms with Crippen molar-refractivity contribution in [2.75, 3.05) is 13.2 Å². The van der Waals surface area contributed by atoms with Gasteiger partial charge in [-0.15, -0.1) is 0 Å². The predicted octanol–water partition coefficient (Wildman–Crippen LogP) is -2.62. The minimum Gasteiger partial charge on any atom is -0.463 e. The average Bonchev–Trinajstić information content (AvgIpc) is 2.32. The van der Waals surface area contributed by atoms with Gasteiger partial charge >= 0.3 is 5.97 Å². The molecule has 0 saturated heterocycles. The highest BCUT2D eigenvalue weighted by Crippen LogP contribution is 2.05. The van der Waals surface area contributed by atoms with Crippen molar-refractivity contribution in [3.63, 3.8) is 0 Å². The molecule has 7 nitrogen and oxygen atoms in total. The van der Waals surface area contributed by atoms with Crippen LogP contribution in [0.2, 0.25) is 0 Å². The lowest BCUT2D eigenvalue weighted by Crippen LogP contribution is -2.47. The van der Waals surface area contributed by atoms with Crippen LogP contribution in [-0.2, 0) is 9.53 Å². The zero-order valence-corrected chi connectivity index (χ0v) is 8.98. The van der Waals surface area contributed by atoms with Crippen molar-refractivity contribution in [2.24, 2.45) is 0 Å². The Bertz CT molecular complexity index is 208. The highest BCUT2D eigenvalue weighted by Gasteiger charge is 2.30. The van der Waals surface area contributed by atoms with E-state index in [0.717, 1.165) is 0 Å². The van der Waals surface area contributed by atoms with Gasteiger partial charge in [0.1, 0.15) is 31.0 Å². The highest BCUT2D eigenvalue weighted by atomic mass is 16.5. The second kappa shape index (κ2) is 7.53. The fraction of sp³-hybridized carbons (Fsp3) is 0.889. The summed E-state index contributed by atoms with van der Waals surface area (Å²) in [7, 11) is 0. The van der Waals surface area contributed by atoms with Crippen molar-refractivity contribution >= 4 is 5.97 Å². The van der Waals surface area contributed by atoms with Crippen LogP contribution in [0.4, 0.5) is 0 Å². The Morgan fingerprint density at radius 3 is 2.06 bits per heavy atom. The molecule has 0 aromatic rings. The molecular formula is C9H18O7. The first-order chi connectivity index (χ1) is 7.43. The summed E-state index contributed by atoms with van der Waals surface area (Å²) in [4.78, 5) is 10.7. The van der Waals surface area contributed by atoms with E-state index in [1.165, 1.54) is 0 Å². The molecule has 96 valence electrons. The van der Waals surface area contributed by atoms with E-state index in [2.05, 4.69) is 4.74 Å². The lowest BCUT2D eigenvalue weighted by Gasteiger charge is -2.25. The minimum atomic E-state index is -1.71. The van der Waals surface area contributed by atoms with E-state index in [1.807, 2.05) is 0 Å². The minimum absolute atomic E-state index is 0.130. The summed E-state index contributed by atoms with van der Waals surface area (Å²) in [6, 6.07) is 0. The second-order valence-electron chi connectivity index (χ2n) is 3.34. The molecule has 0 fully saturated rings. The van der Waals surface area contributed by atoms with Crippen LogP contribution in [0.15, 0.2) is 0 Å². The molecule has 0 bridgehead atoms. The lowest BCUT2D eigenvalue weighted by atomic mass is 10.0. The van der Waals surface area contributed by atoms with E-state index in [4.69, 9.17) is 10.2 Å². The van der Waals surface area contributed by atoms with Gasteiger partial charge < -0.3 is 30.3 Å². The summed E-state index contributed by atoms with van der Waals surface area (Å²) in [6.45, 7) is 0.332.